The molecule has 0 aliphatic carbocycles. The number of benzene rings is 1. The number of amides is 1. The predicted molar refractivity (Wildman–Crippen MR) is 74.8 cm³/mol. The van der Waals surface area contributed by atoms with Gasteiger partial charge in [-0.3, -0.25) is 9.78 Å². The lowest BCUT2D eigenvalue weighted by Crippen LogP contribution is -2.21. The van der Waals surface area contributed by atoms with Crippen molar-refractivity contribution in [2.45, 2.75) is 13.3 Å². The molecule has 5 heteroatoms. The summed E-state index contributed by atoms with van der Waals surface area (Å²) in [5.74, 6) is -0.978. The number of pyridine rings is 1. The molecule has 0 radical (unpaired) electrons. The van der Waals surface area contributed by atoms with Crippen molar-refractivity contribution in [1.29, 1.82) is 5.26 Å². The maximum absolute atomic E-state index is 11.9. The van der Waals surface area contributed by atoms with Crippen LogP contribution in [-0.2, 0) is 4.79 Å². The van der Waals surface area contributed by atoms with Crippen LogP contribution < -0.4 is 5.32 Å². The van der Waals surface area contributed by atoms with E-state index in [0.717, 1.165) is 5.39 Å². The lowest BCUT2D eigenvalue weighted by Gasteiger charge is -2.10. The van der Waals surface area contributed by atoms with E-state index in [9.17, 15) is 4.79 Å². The molecule has 2 aromatic rings. The molecule has 1 aromatic carbocycles. The Morgan fingerprint density at radius 1 is 1.53 bits per heavy atom. The van der Waals surface area contributed by atoms with Crippen molar-refractivity contribution in [3.63, 3.8) is 0 Å². The van der Waals surface area contributed by atoms with Crippen molar-refractivity contribution in [3.05, 3.63) is 35.5 Å². The predicted octanol–water partition coefficient (Wildman–Crippen LogP) is 3.38. The zero-order chi connectivity index (χ0) is 13.8. The van der Waals surface area contributed by atoms with Gasteiger partial charge in [0.2, 0.25) is 5.91 Å². The zero-order valence-corrected chi connectivity index (χ0v) is 11.1. The van der Waals surface area contributed by atoms with Crippen molar-refractivity contribution >= 4 is 34.1 Å². The minimum absolute atomic E-state index is 0.320. The summed E-state index contributed by atoms with van der Waals surface area (Å²) in [5.41, 5.74) is 1.19. The second kappa shape index (κ2) is 5.68. The summed E-state index contributed by atoms with van der Waals surface area (Å²) in [6.45, 7) is 1.80. The van der Waals surface area contributed by atoms with Crippen LogP contribution in [0.1, 0.15) is 13.3 Å². The van der Waals surface area contributed by atoms with E-state index in [4.69, 9.17) is 16.9 Å². The SMILES string of the molecule is CCC(C#N)C(=O)Nc1ccc(Cl)c2cccnc12. The van der Waals surface area contributed by atoms with E-state index in [1.807, 2.05) is 12.1 Å². The normalized spacial score (nSPS) is 11.8. The molecule has 1 heterocycles. The number of carbonyl (C=O) groups excluding carboxylic acids is 1. The average Bonchev–Trinajstić information content (AvgIpc) is 2.44. The number of rotatable bonds is 3. The van der Waals surface area contributed by atoms with Gasteiger partial charge in [-0.25, -0.2) is 0 Å². The fourth-order valence-electron chi connectivity index (χ4n) is 1.79. The van der Waals surface area contributed by atoms with Crippen LogP contribution in [0.15, 0.2) is 30.5 Å². The first-order valence-electron chi connectivity index (χ1n) is 5.91. The third-order valence-corrected chi connectivity index (χ3v) is 3.18. The van der Waals surface area contributed by atoms with Gasteiger partial charge in [0, 0.05) is 11.6 Å². The van der Waals surface area contributed by atoms with Crippen LogP contribution in [0.3, 0.4) is 0 Å². The molecular weight excluding hydrogens is 262 g/mol. The fraction of sp³-hybridized carbons (Fsp3) is 0.214. The number of halogens is 1. The molecule has 0 aliphatic heterocycles. The van der Waals surface area contributed by atoms with E-state index >= 15 is 0 Å². The van der Waals surface area contributed by atoms with Gasteiger partial charge in [-0.1, -0.05) is 18.5 Å². The first-order chi connectivity index (χ1) is 9.17. The molecule has 1 amide bonds. The number of carbonyl (C=O) groups is 1. The highest BCUT2D eigenvalue weighted by molar-refractivity contribution is 6.35. The Labute approximate surface area is 116 Å². The molecular formula is C14H12ClN3O. The van der Waals surface area contributed by atoms with Crippen molar-refractivity contribution < 1.29 is 4.79 Å². The molecule has 96 valence electrons. The monoisotopic (exact) mass is 273 g/mol. The third-order valence-electron chi connectivity index (χ3n) is 2.85. The minimum atomic E-state index is -0.658. The van der Waals surface area contributed by atoms with Crippen LogP contribution in [0.4, 0.5) is 5.69 Å². The standard InChI is InChI=1S/C14H12ClN3O/c1-2-9(8-16)14(19)18-12-6-5-11(15)10-4-3-7-17-13(10)12/h3-7,9H,2H2,1H3,(H,18,19). The Morgan fingerprint density at radius 3 is 3.00 bits per heavy atom. The van der Waals surface area contributed by atoms with E-state index in [-0.39, 0.29) is 5.91 Å². The molecule has 1 unspecified atom stereocenters. The molecule has 0 saturated carbocycles. The number of anilines is 1. The van der Waals surface area contributed by atoms with Crippen LogP contribution >= 0.6 is 11.6 Å². The number of nitriles is 1. The van der Waals surface area contributed by atoms with E-state index in [1.165, 1.54) is 0 Å². The van der Waals surface area contributed by atoms with Crippen molar-refractivity contribution in [2.75, 3.05) is 5.32 Å². The van der Waals surface area contributed by atoms with Crippen LogP contribution in [0.2, 0.25) is 5.02 Å². The molecule has 2 rings (SSSR count). The van der Waals surface area contributed by atoms with Crippen molar-refractivity contribution in [2.24, 2.45) is 5.92 Å². The Bertz CT molecular complexity index is 663. The number of nitrogens with one attached hydrogen (secondary N) is 1. The van der Waals surface area contributed by atoms with E-state index in [1.54, 1.807) is 31.3 Å². The lowest BCUT2D eigenvalue weighted by atomic mass is 10.1. The van der Waals surface area contributed by atoms with Crippen LogP contribution in [0.25, 0.3) is 10.9 Å². The number of aromatic nitrogens is 1. The number of nitrogens with zero attached hydrogens (tertiary/aromatic N) is 2. The molecule has 1 aromatic heterocycles. The molecule has 1 atom stereocenters. The molecule has 19 heavy (non-hydrogen) atoms. The van der Waals surface area contributed by atoms with Gasteiger partial charge in [0.15, 0.2) is 0 Å². The summed E-state index contributed by atoms with van der Waals surface area (Å²) < 4.78 is 0. The van der Waals surface area contributed by atoms with Crippen molar-refractivity contribution in [1.82, 2.24) is 4.98 Å². The number of hydrogen-bond donors (Lipinski definition) is 1. The molecule has 0 bridgehead atoms. The number of hydrogen-bond acceptors (Lipinski definition) is 3. The summed E-state index contributed by atoms with van der Waals surface area (Å²) in [6, 6.07) is 8.99. The first kappa shape index (κ1) is 13.3. The van der Waals surface area contributed by atoms with Gasteiger partial charge in [0.25, 0.3) is 0 Å². The fourth-order valence-corrected chi connectivity index (χ4v) is 2.01. The Morgan fingerprint density at radius 2 is 2.32 bits per heavy atom. The smallest absolute Gasteiger partial charge is 0.241 e. The highest BCUT2D eigenvalue weighted by Gasteiger charge is 2.17. The summed E-state index contributed by atoms with van der Waals surface area (Å²) in [6.07, 6.45) is 2.11. The van der Waals surface area contributed by atoms with E-state index < -0.39 is 5.92 Å². The first-order valence-corrected chi connectivity index (χ1v) is 6.29. The molecule has 1 N–H and O–H groups in total. The van der Waals surface area contributed by atoms with E-state index in [0.29, 0.717) is 22.6 Å². The summed E-state index contributed by atoms with van der Waals surface area (Å²) >= 11 is 6.08. The Balaban J connectivity index is 2.40. The van der Waals surface area contributed by atoms with Crippen LogP contribution in [-0.4, -0.2) is 10.9 Å². The molecule has 4 nitrogen and oxygen atoms in total. The molecule has 0 spiro atoms. The minimum Gasteiger partial charge on any atom is -0.323 e. The third kappa shape index (κ3) is 2.67. The van der Waals surface area contributed by atoms with Crippen LogP contribution in [0.5, 0.6) is 0 Å². The second-order valence-corrected chi connectivity index (χ2v) is 4.48. The largest absolute Gasteiger partial charge is 0.323 e. The lowest BCUT2D eigenvalue weighted by molar-refractivity contribution is -0.118. The Kier molecular flexibility index (Phi) is 3.98. The number of fused-ring (bicyclic) bond motifs is 1. The maximum atomic E-state index is 11.9. The second-order valence-electron chi connectivity index (χ2n) is 4.07. The Hall–Kier alpha value is -2.12. The van der Waals surface area contributed by atoms with Crippen molar-refractivity contribution in [3.8, 4) is 6.07 Å². The highest BCUT2D eigenvalue weighted by atomic mass is 35.5. The zero-order valence-electron chi connectivity index (χ0n) is 10.4. The van der Waals surface area contributed by atoms with Gasteiger partial charge in [0.05, 0.1) is 22.3 Å². The molecule has 0 aliphatic rings. The molecule has 0 fully saturated rings. The average molecular weight is 274 g/mol. The summed E-state index contributed by atoms with van der Waals surface area (Å²) in [5, 5.41) is 13.0. The molecule has 0 saturated heterocycles. The van der Waals surface area contributed by atoms with Gasteiger partial charge in [-0.2, -0.15) is 5.26 Å². The van der Waals surface area contributed by atoms with Crippen LogP contribution in [0, 0.1) is 17.2 Å². The van der Waals surface area contributed by atoms with E-state index in [2.05, 4.69) is 10.3 Å². The van der Waals surface area contributed by atoms with Gasteiger partial charge in [0.1, 0.15) is 5.92 Å². The summed E-state index contributed by atoms with van der Waals surface area (Å²) in [7, 11) is 0. The van der Waals surface area contributed by atoms with Gasteiger partial charge in [-0.15, -0.1) is 0 Å². The van der Waals surface area contributed by atoms with Gasteiger partial charge >= 0.3 is 0 Å². The van der Waals surface area contributed by atoms with Gasteiger partial charge < -0.3 is 5.32 Å². The quantitative estimate of drug-likeness (QED) is 0.932. The topological polar surface area (TPSA) is 65.8 Å². The summed E-state index contributed by atoms with van der Waals surface area (Å²) in [4.78, 5) is 16.1. The van der Waals surface area contributed by atoms with Gasteiger partial charge in [-0.05, 0) is 30.7 Å². The highest BCUT2D eigenvalue weighted by Crippen LogP contribution is 2.28. The maximum Gasteiger partial charge on any atom is 0.241 e.